The van der Waals surface area contributed by atoms with E-state index in [0.717, 1.165) is 17.7 Å². The molecule has 4 aromatic rings. The molecule has 0 atom stereocenters. The van der Waals surface area contributed by atoms with Gasteiger partial charge in [-0.1, -0.05) is 36.4 Å². The third kappa shape index (κ3) is 4.10. The highest BCUT2D eigenvalue weighted by molar-refractivity contribution is 7.89. The SMILES string of the molecule is O=S(=O)(c1cccc(C(F)(F)F)c1)N1CCN(c2cc(-c3ccccc3)nc3ncnn23)CC1. The van der Waals surface area contributed by atoms with Crippen LogP contribution in [0.4, 0.5) is 19.0 Å². The molecule has 0 saturated carbocycles. The van der Waals surface area contributed by atoms with E-state index in [0.29, 0.717) is 36.4 Å². The monoisotopic (exact) mass is 488 g/mol. The molecule has 2 aromatic heterocycles. The molecule has 1 saturated heterocycles. The number of piperazine rings is 1. The molecule has 0 radical (unpaired) electrons. The summed E-state index contributed by atoms with van der Waals surface area (Å²) in [6, 6.07) is 15.3. The molecule has 3 heterocycles. The molecule has 12 heteroatoms. The Labute approximate surface area is 193 Å². The molecule has 34 heavy (non-hydrogen) atoms. The number of sulfonamides is 1. The van der Waals surface area contributed by atoms with Crippen LogP contribution in [-0.2, 0) is 16.2 Å². The molecule has 0 N–H and O–H groups in total. The van der Waals surface area contributed by atoms with Crippen LogP contribution >= 0.6 is 0 Å². The number of rotatable bonds is 4. The first kappa shape index (κ1) is 22.3. The zero-order valence-electron chi connectivity index (χ0n) is 17.7. The summed E-state index contributed by atoms with van der Waals surface area (Å²) in [4.78, 5) is 10.3. The van der Waals surface area contributed by atoms with E-state index < -0.39 is 21.8 Å². The van der Waals surface area contributed by atoms with Gasteiger partial charge in [-0.25, -0.2) is 13.4 Å². The predicted octanol–water partition coefficient (Wildman–Crippen LogP) is 3.32. The van der Waals surface area contributed by atoms with Crippen molar-refractivity contribution in [2.24, 2.45) is 0 Å². The van der Waals surface area contributed by atoms with Gasteiger partial charge in [0.1, 0.15) is 12.1 Å². The summed E-state index contributed by atoms with van der Waals surface area (Å²) in [6.45, 7) is 0.867. The number of benzene rings is 2. The minimum Gasteiger partial charge on any atom is -0.354 e. The molecule has 176 valence electrons. The number of hydrogen-bond donors (Lipinski definition) is 0. The quantitative estimate of drug-likeness (QED) is 0.438. The van der Waals surface area contributed by atoms with Crippen LogP contribution in [-0.4, -0.2) is 58.5 Å². The van der Waals surface area contributed by atoms with Crippen LogP contribution < -0.4 is 4.90 Å². The van der Waals surface area contributed by atoms with E-state index in [2.05, 4.69) is 15.1 Å². The lowest BCUT2D eigenvalue weighted by atomic mass is 10.1. The van der Waals surface area contributed by atoms with Crippen molar-refractivity contribution in [2.75, 3.05) is 31.1 Å². The van der Waals surface area contributed by atoms with E-state index in [4.69, 9.17) is 0 Å². The summed E-state index contributed by atoms with van der Waals surface area (Å²) in [7, 11) is -4.07. The number of halogens is 3. The average molecular weight is 488 g/mol. The smallest absolute Gasteiger partial charge is 0.354 e. The van der Waals surface area contributed by atoms with Crippen LogP contribution in [0.5, 0.6) is 0 Å². The Bertz CT molecular complexity index is 1430. The van der Waals surface area contributed by atoms with Gasteiger partial charge in [0.15, 0.2) is 0 Å². The van der Waals surface area contributed by atoms with Gasteiger partial charge in [-0.05, 0) is 18.2 Å². The van der Waals surface area contributed by atoms with Crippen molar-refractivity contribution < 1.29 is 21.6 Å². The van der Waals surface area contributed by atoms with E-state index >= 15 is 0 Å². The molecule has 1 aliphatic rings. The minimum absolute atomic E-state index is 0.109. The highest BCUT2D eigenvalue weighted by atomic mass is 32.2. The minimum atomic E-state index is -4.62. The molecule has 0 unspecified atom stereocenters. The fraction of sp³-hybridized carbons (Fsp3) is 0.227. The number of nitrogens with zero attached hydrogens (tertiary/aromatic N) is 6. The normalized spacial score (nSPS) is 15.7. The summed E-state index contributed by atoms with van der Waals surface area (Å²) in [5.41, 5.74) is 0.612. The summed E-state index contributed by atoms with van der Waals surface area (Å²) in [6.07, 6.45) is -3.22. The number of aromatic nitrogens is 4. The first-order valence-corrected chi connectivity index (χ1v) is 11.9. The average Bonchev–Trinajstić information content (AvgIpc) is 3.32. The molecule has 2 aromatic carbocycles. The third-order valence-electron chi connectivity index (χ3n) is 5.66. The maximum Gasteiger partial charge on any atom is 0.416 e. The van der Waals surface area contributed by atoms with Gasteiger partial charge in [-0.15, -0.1) is 0 Å². The van der Waals surface area contributed by atoms with Crippen LogP contribution in [0.3, 0.4) is 0 Å². The van der Waals surface area contributed by atoms with Gasteiger partial charge in [0.25, 0.3) is 5.78 Å². The second-order valence-corrected chi connectivity index (χ2v) is 9.69. The van der Waals surface area contributed by atoms with Crippen LogP contribution in [0.25, 0.3) is 17.0 Å². The van der Waals surface area contributed by atoms with Crippen LogP contribution in [0, 0.1) is 0 Å². The van der Waals surface area contributed by atoms with Gasteiger partial charge in [-0.2, -0.15) is 32.1 Å². The molecular formula is C22H19F3N6O2S. The standard InChI is InChI=1S/C22H19F3N6O2S/c23-22(24,25)17-7-4-8-18(13-17)34(32,33)30-11-9-29(10-12-30)20-14-19(16-5-2-1-3-6-16)28-21-26-15-27-31(20)21/h1-8,13-15H,9-12H2. The molecule has 0 aliphatic carbocycles. The molecule has 1 aliphatic heterocycles. The third-order valence-corrected chi connectivity index (χ3v) is 7.56. The van der Waals surface area contributed by atoms with E-state index in [9.17, 15) is 21.6 Å². The van der Waals surface area contributed by atoms with E-state index in [1.54, 1.807) is 4.52 Å². The lowest BCUT2D eigenvalue weighted by Crippen LogP contribution is -2.49. The second-order valence-electron chi connectivity index (χ2n) is 7.75. The van der Waals surface area contributed by atoms with Crippen molar-refractivity contribution in [3.63, 3.8) is 0 Å². The zero-order valence-corrected chi connectivity index (χ0v) is 18.5. The van der Waals surface area contributed by atoms with Crippen molar-refractivity contribution in [1.82, 2.24) is 23.9 Å². The van der Waals surface area contributed by atoms with Gasteiger partial charge in [0.2, 0.25) is 10.0 Å². The fourth-order valence-corrected chi connectivity index (χ4v) is 5.39. The zero-order chi connectivity index (χ0) is 23.9. The van der Waals surface area contributed by atoms with Gasteiger partial charge in [-0.3, -0.25) is 0 Å². The summed E-state index contributed by atoms with van der Waals surface area (Å²) >= 11 is 0. The number of fused-ring (bicyclic) bond motifs is 1. The topological polar surface area (TPSA) is 83.7 Å². The van der Waals surface area contributed by atoms with Crippen LogP contribution in [0.15, 0.2) is 71.9 Å². The number of hydrogen-bond acceptors (Lipinski definition) is 6. The Kier molecular flexibility index (Phi) is 5.48. The highest BCUT2D eigenvalue weighted by Crippen LogP contribution is 2.32. The maximum absolute atomic E-state index is 13.1. The molecule has 5 rings (SSSR count). The molecule has 0 amide bonds. The molecule has 0 bridgehead atoms. The van der Waals surface area contributed by atoms with E-state index in [1.807, 2.05) is 41.3 Å². The Morgan fingerprint density at radius 2 is 1.62 bits per heavy atom. The summed E-state index contributed by atoms with van der Waals surface area (Å²) in [5, 5.41) is 4.24. The second kappa shape index (κ2) is 8.37. The van der Waals surface area contributed by atoms with Crippen molar-refractivity contribution in [1.29, 1.82) is 0 Å². The van der Waals surface area contributed by atoms with Gasteiger partial charge < -0.3 is 4.90 Å². The van der Waals surface area contributed by atoms with Gasteiger partial charge in [0, 0.05) is 37.8 Å². The summed E-state index contributed by atoms with van der Waals surface area (Å²) < 4.78 is 68.0. The van der Waals surface area contributed by atoms with Crippen LogP contribution in [0.1, 0.15) is 5.56 Å². The molecule has 8 nitrogen and oxygen atoms in total. The van der Waals surface area contributed by atoms with Crippen molar-refractivity contribution >= 4 is 21.6 Å². The van der Waals surface area contributed by atoms with Gasteiger partial charge in [0.05, 0.1) is 16.2 Å². The Balaban J connectivity index is 1.40. The lowest BCUT2D eigenvalue weighted by molar-refractivity contribution is -0.137. The first-order valence-electron chi connectivity index (χ1n) is 10.4. The number of alkyl halides is 3. The predicted molar refractivity (Wildman–Crippen MR) is 119 cm³/mol. The van der Waals surface area contributed by atoms with E-state index in [-0.39, 0.29) is 18.0 Å². The lowest BCUT2D eigenvalue weighted by Gasteiger charge is -2.35. The Hall–Kier alpha value is -3.51. The first-order chi connectivity index (χ1) is 16.2. The van der Waals surface area contributed by atoms with Crippen molar-refractivity contribution in [3.05, 3.63) is 72.6 Å². The Morgan fingerprint density at radius 3 is 2.32 bits per heavy atom. The molecule has 1 fully saturated rings. The van der Waals surface area contributed by atoms with Crippen molar-refractivity contribution in [2.45, 2.75) is 11.1 Å². The summed E-state index contributed by atoms with van der Waals surface area (Å²) in [5.74, 6) is 1.12. The Morgan fingerprint density at radius 1 is 0.882 bits per heavy atom. The number of anilines is 1. The molecule has 0 spiro atoms. The largest absolute Gasteiger partial charge is 0.416 e. The maximum atomic E-state index is 13.1. The van der Waals surface area contributed by atoms with Gasteiger partial charge >= 0.3 is 6.18 Å². The highest BCUT2D eigenvalue weighted by Gasteiger charge is 2.34. The fourth-order valence-electron chi connectivity index (χ4n) is 3.92. The van der Waals surface area contributed by atoms with Crippen molar-refractivity contribution in [3.8, 4) is 11.3 Å². The molecular weight excluding hydrogens is 469 g/mol. The van der Waals surface area contributed by atoms with Crippen LogP contribution in [0.2, 0.25) is 0 Å². The van der Waals surface area contributed by atoms with E-state index in [1.165, 1.54) is 16.7 Å².